The van der Waals surface area contributed by atoms with E-state index in [1.165, 1.54) is 11.3 Å². The van der Waals surface area contributed by atoms with Crippen molar-refractivity contribution in [3.63, 3.8) is 0 Å². The predicted octanol–water partition coefficient (Wildman–Crippen LogP) is 3.36. The Morgan fingerprint density at radius 2 is 2.21 bits per heavy atom. The lowest BCUT2D eigenvalue weighted by Crippen LogP contribution is -1.85. The first-order valence-electron chi connectivity index (χ1n) is 4.84. The number of aromatic nitrogens is 2. The van der Waals surface area contributed by atoms with Crippen LogP contribution in [0.3, 0.4) is 0 Å². The summed E-state index contributed by atoms with van der Waals surface area (Å²) in [7, 11) is 0. The van der Waals surface area contributed by atoms with Crippen molar-refractivity contribution in [2.45, 2.75) is 26.7 Å². The molecule has 2 rings (SSSR count). The van der Waals surface area contributed by atoms with Gasteiger partial charge in [-0.25, -0.2) is 4.98 Å². The van der Waals surface area contributed by atoms with Crippen LogP contribution >= 0.6 is 15.9 Å². The molecule has 3 heteroatoms. The van der Waals surface area contributed by atoms with Crippen LogP contribution in [0.4, 0.5) is 0 Å². The Kier molecular flexibility index (Phi) is 2.59. The Labute approximate surface area is 92.1 Å². The fourth-order valence-corrected chi connectivity index (χ4v) is 1.87. The van der Waals surface area contributed by atoms with E-state index < -0.39 is 0 Å². The van der Waals surface area contributed by atoms with Crippen LogP contribution in [-0.4, -0.2) is 9.38 Å². The summed E-state index contributed by atoms with van der Waals surface area (Å²) in [6.45, 7) is 4.25. The van der Waals surface area contributed by atoms with Gasteiger partial charge < -0.3 is 4.40 Å². The minimum Gasteiger partial charge on any atom is -0.306 e. The van der Waals surface area contributed by atoms with Crippen LogP contribution in [0.25, 0.3) is 5.65 Å². The Morgan fingerprint density at radius 3 is 2.93 bits per heavy atom. The van der Waals surface area contributed by atoms with E-state index in [0.29, 0.717) is 0 Å². The molecule has 0 fully saturated rings. The van der Waals surface area contributed by atoms with Crippen LogP contribution in [0.1, 0.15) is 24.6 Å². The van der Waals surface area contributed by atoms with Gasteiger partial charge in [-0.1, -0.05) is 13.3 Å². The summed E-state index contributed by atoms with van der Waals surface area (Å²) in [5.74, 6) is 0. The molecule has 0 bridgehead atoms. The van der Waals surface area contributed by atoms with Crippen molar-refractivity contribution in [1.82, 2.24) is 9.38 Å². The summed E-state index contributed by atoms with van der Waals surface area (Å²) in [5, 5.41) is 0. The Bertz CT molecular complexity index is 421. The van der Waals surface area contributed by atoms with Crippen LogP contribution in [0.15, 0.2) is 22.9 Å². The maximum atomic E-state index is 4.55. The molecule has 0 unspecified atom stereocenters. The lowest BCUT2D eigenvalue weighted by molar-refractivity contribution is 0.894. The summed E-state index contributed by atoms with van der Waals surface area (Å²) >= 11 is 3.52. The van der Waals surface area contributed by atoms with E-state index in [-0.39, 0.29) is 0 Å². The Hall–Kier alpha value is -0.830. The number of pyridine rings is 1. The number of hydrogen-bond donors (Lipinski definition) is 0. The number of rotatable bonds is 2. The topological polar surface area (TPSA) is 17.3 Å². The number of imidazole rings is 1. The molecule has 74 valence electrons. The van der Waals surface area contributed by atoms with Gasteiger partial charge in [0.25, 0.3) is 0 Å². The Balaban J connectivity index is 2.54. The van der Waals surface area contributed by atoms with E-state index in [0.717, 1.165) is 23.0 Å². The van der Waals surface area contributed by atoms with Crippen molar-refractivity contribution < 1.29 is 0 Å². The molecule has 0 aromatic carbocycles. The molecule has 2 nitrogen and oxygen atoms in total. The average molecular weight is 253 g/mol. The van der Waals surface area contributed by atoms with Crippen molar-refractivity contribution in [1.29, 1.82) is 0 Å². The van der Waals surface area contributed by atoms with E-state index in [4.69, 9.17) is 0 Å². The van der Waals surface area contributed by atoms with Crippen molar-refractivity contribution >= 4 is 21.6 Å². The first kappa shape index (κ1) is 9.71. The fraction of sp³-hybridized carbons (Fsp3) is 0.364. The minimum absolute atomic E-state index is 1.04. The highest BCUT2D eigenvalue weighted by molar-refractivity contribution is 9.10. The molecule has 0 atom stereocenters. The minimum atomic E-state index is 1.04. The number of hydrogen-bond acceptors (Lipinski definition) is 1. The van der Waals surface area contributed by atoms with Gasteiger partial charge in [-0.15, -0.1) is 0 Å². The van der Waals surface area contributed by atoms with Crippen LogP contribution in [0.5, 0.6) is 0 Å². The molecule has 0 saturated heterocycles. The van der Waals surface area contributed by atoms with Crippen LogP contribution in [0, 0.1) is 6.92 Å². The fourth-order valence-electron chi connectivity index (χ4n) is 1.53. The highest BCUT2D eigenvalue weighted by Gasteiger charge is 2.02. The van der Waals surface area contributed by atoms with E-state index >= 15 is 0 Å². The van der Waals surface area contributed by atoms with Crippen molar-refractivity contribution in [2.24, 2.45) is 0 Å². The van der Waals surface area contributed by atoms with Gasteiger partial charge >= 0.3 is 0 Å². The normalized spacial score (nSPS) is 11.1. The molecular weight excluding hydrogens is 240 g/mol. The van der Waals surface area contributed by atoms with Gasteiger partial charge in [-0.2, -0.15) is 0 Å². The molecule has 0 saturated carbocycles. The van der Waals surface area contributed by atoms with Gasteiger partial charge in [0, 0.05) is 16.9 Å². The molecule has 2 aromatic rings. The second-order valence-electron chi connectivity index (χ2n) is 3.55. The third kappa shape index (κ3) is 1.69. The third-order valence-electron chi connectivity index (χ3n) is 2.29. The lowest BCUT2D eigenvalue weighted by Gasteiger charge is -1.98. The molecular formula is C11H13BrN2. The van der Waals surface area contributed by atoms with Gasteiger partial charge in [-0.05, 0) is 40.9 Å². The maximum absolute atomic E-state index is 4.55. The molecule has 0 aliphatic rings. The smallest absolute Gasteiger partial charge is 0.137 e. The molecule has 0 amide bonds. The van der Waals surface area contributed by atoms with Gasteiger partial charge in [0.05, 0.1) is 5.69 Å². The summed E-state index contributed by atoms with van der Waals surface area (Å²) in [6, 6.07) is 2.10. The molecule has 2 aromatic heterocycles. The summed E-state index contributed by atoms with van der Waals surface area (Å²) in [5.41, 5.74) is 3.44. The Morgan fingerprint density at radius 1 is 1.43 bits per heavy atom. The number of aryl methyl sites for hydroxylation is 2. The number of halogens is 1. The standard InChI is InChI=1S/C11H13BrN2/c1-3-4-9-6-14-7-10(12)8(2)5-11(14)13-9/h5-7H,3-4H2,1-2H3. The quantitative estimate of drug-likeness (QED) is 0.802. The number of nitrogens with zero attached hydrogens (tertiary/aromatic N) is 2. The van der Waals surface area contributed by atoms with E-state index in [2.05, 4.69) is 57.6 Å². The SMILES string of the molecule is CCCc1cn2cc(Br)c(C)cc2n1. The first-order chi connectivity index (χ1) is 6.70. The summed E-state index contributed by atoms with van der Waals surface area (Å²) in [6.07, 6.45) is 6.36. The monoisotopic (exact) mass is 252 g/mol. The molecule has 14 heavy (non-hydrogen) atoms. The van der Waals surface area contributed by atoms with Crippen LogP contribution in [0.2, 0.25) is 0 Å². The molecule has 0 spiro atoms. The average Bonchev–Trinajstić information content (AvgIpc) is 2.48. The molecule has 0 aliphatic carbocycles. The van der Waals surface area contributed by atoms with E-state index in [1.807, 2.05) is 0 Å². The zero-order valence-corrected chi connectivity index (χ0v) is 10.0. The van der Waals surface area contributed by atoms with Crippen LogP contribution in [-0.2, 0) is 6.42 Å². The number of fused-ring (bicyclic) bond motifs is 1. The molecule has 0 N–H and O–H groups in total. The molecule has 2 heterocycles. The first-order valence-corrected chi connectivity index (χ1v) is 5.63. The molecule has 0 radical (unpaired) electrons. The van der Waals surface area contributed by atoms with Gasteiger partial charge in [0.15, 0.2) is 0 Å². The third-order valence-corrected chi connectivity index (χ3v) is 3.12. The van der Waals surface area contributed by atoms with Gasteiger partial charge in [-0.3, -0.25) is 0 Å². The van der Waals surface area contributed by atoms with Crippen LogP contribution < -0.4 is 0 Å². The highest BCUT2D eigenvalue weighted by atomic mass is 79.9. The largest absolute Gasteiger partial charge is 0.306 e. The van der Waals surface area contributed by atoms with Crippen molar-refractivity contribution in [2.75, 3.05) is 0 Å². The summed E-state index contributed by atoms with van der Waals surface area (Å²) in [4.78, 5) is 4.55. The van der Waals surface area contributed by atoms with Crippen molar-refractivity contribution in [3.05, 3.63) is 34.2 Å². The zero-order valence-electron chi connectivity index (χ0n) is 8.42. The van der Waals surface area contributed by atoms with Gasteiger partial charge in [0.1, 0.15) is 5.65 Å². The highest BCUT2D eigenvalue weighted by Crippen LogP contribution is 2.18. The van der Waals surface area contributed by atoms with Crippen molar-refractivity contribution in [3.8, 4) is 0 Å². The maximum Gasteiger partial charge on any atom is 0.137 e. The van der Waals surface area contributed by atoms with Gasteiger partial charge in [0.2, 0.25) is 0 Å². The zero-order chi connectivity index (χ0) is 10.1. The lowest BCUT2D eigenvalue weighted by atomic mass is 10.3. The predicted molar refractivity (Wildman–Crippen MR) is 61.6 cm³/mol. The second-order valence-corrected chi connectivity index (χ2v) is 4.41. The molecule has 0 aliphatic heterocycles. The summed E-state index contributed by atoms with van der Waals surface area (Å²) < 4.78 is 3.20. The second kappa shape index (κ2) is 3.73. The van der Waals surface area contributed by atoms with E-state index in [9.17, 15) is 0 Å². The van der Waals surface area contributed by atoms with E-state index in [1.54, 1.807) is 0 Å².